The molecule has 1 heterocycles. The van der Waals surface area contributed by atoms with Gasteiger partial charge in [0.1, 0.15) is 0 Å². The minimum atomic E-state index is -0.611. The van der Waals surface area contributed by atoms with Gasteiger partial charge in [-0.1, -0.05) is 12.1 Å². The molecule has 1 aliphatic heterocycles. The highest BCUT2D eigenvalue weighted by Crippen LogP contribution is 2.29. The maximum absolute atomic E-state index is 12.4. The fourth-order valence-electron chi connectivity index (χ4n) is 3.35. The molecule has 0 aliphatic carbocycles. The number of ether oxygens (including phenoxy) is 1. The third kappa shape index (κ3) is 4.92. The number of anilines is 2. The lowest BCUT2D eigenvalue weighted by molar-refractivity contribution is -0.151. The van der Waals surface area contributed by atoms with Gasteiger partial charge in [-0.3, -0.25) is 19.2 Å². The van der Waals surface area contributed by atoms with Crippen molar-refractivity contribution in [2.75, 3.05) is 23.4 Å². The van der Waals surface area contributed by atoms with E-state index in [-0.39, 0.29) is 24.7 Å². The molecule has 7 heteroatoms. The average molecular weight is 408 g/mol. The third-order valence-corrected chi connectivity index (χ3v) is 5.03. The minimum absolute atomic E-state index is 0.0559. The van der Waals surface area contributed by atoms with Crippen LogP contribution in [-0.2, 0) is 19.1 Å². The molecule has 3 rings (SSSR count). The van der Waals surface area contributed by atoms with Gasteiger partial charge in [-0.2, -0.15) is 0 Å². The van der Waals surface area contributed by atoms with E-state index >= 15 is 0 Å². The zero-order valence-corrected chi connectivity index (χ0v) is 17.2. The Labute approximate surface area is 175 Å². The van der Waals surface area contributed by atoms with Crippen LogP contribution in [0.3, 0.4) is 0 Å². The molecule has 2 amide bonds. The van der Waals surface area contributed by atoms with Gasteiger partial charge in [0, 0.05) is 29.9 Å². The molecule has 2 aromatic rings. The second kappa shape index (κ2) is 8.90. The van der Waals surface area contributed by atoms with Crippen molar-refractivity contribution < 1.29 is 23.9 Å². The number of carbonyl (C=O) groups excluding carboxylic acids is 4. The van der Waals surface area contributed by atoms with E-state index in [1.165, 1.54) is 6.92 Å². The van der Waals surface area contributed by atoms with Crippen LogP contribution in [0.2, 0.25) is 0 Å². The summed E-state index contributed by atoms with van der Waals surface area (Å²) in [7, 11) is 0. The summed E-state index contributed by atoms with van der Waals surface area (Å²) >= 11 is 0. The number of amides is 2. The molecule has 1 aliphatic rings. The van der Waals surface area contributed by atoms with E-state index in [4.69, 9.17) is 4.74 Å². The quantitative estimate of drug-likeness (QED) is 0.586. The van der Waals surface area contributed by atoms with Gasteiger partial charge in [0.25, 0.3) is 5.91 Å². The summed E-state index contributed by atoms with van der Waals surface area (Å²) in [4.78, 5) is 49.7. The Morgan fingerprint density at radius 3 is 2.47 bits per heavy atom. The fourth-order valence-corrected chi connectivity index (χ4v) is 3.35. The van der Waals surface area contributed by atoms with Crippen LogP contribution in [0.1, 0.15) is 34.8 Å². The first-order chi connectivity index (χ1) is 14.2. The normalized spacial score (nSPS) is 15.8. The van der Waals surface area contributed by atoms with Crippen LogP contribution in [0.15, 0.2) is 42.5 Å². The second-order valence-corrected chi connectivity index (χ2v) is 7.48. The Morgan fingerprint density at radius 2 is 1.80 bits per heavy atom. The number of benzene rings is 2. The first-order valence-corrected chi connectivity index (χ1v) is 9.69. The van der Waals surface area contributed by atoms with E-state index in [0.717, 1.165) is 16.8 Å². The maximum atomic E-state index is 12.4. The van der Waals surface area contributed by atoms with E-state index in [9.17, 15) is 19.2 Å². The van der Waals surface area contributed by atoms with Crippen molar-refractivity contribution in [1.29, 1.82) is 0 Å². The molecule has 7 nitrogen and oxygen atoms in total. The van der Waals surface area contributed by atoms with Crippen molar-refractivity contribution in [2.45, 2.75) is 27.2 Å². The number of nitrogens with one attached hydrogen (secondary N) is 1. The van der Waals surface area contributed by atoms with Crippen LogP contribution in [0.4, 0.5) is 11.4 Å². The number of esters is 1. The van der Waals surface area contributed by atoms with Crippen molar-refractivity contribution in [3.8, 4) is 0 Å². The predicted molar refractivity (Wildman–Crippen MR) is 112 cm³/mol. The molecule has 0 saturated carbocycles. The Bertz CT molecular complexity index is 997. The second-order valence-electron chi connectivity index (χ2n) is 7.48. The van der Waals surface area contributed by atoms with Crippen molar-refractivity contribution in [3.63, 3.8) is 0 Å². The summed E-state index contributed by atoms with van der Waals surface area (Å²) in [5.41, 5.74) is 3.82. The van der Waals surface area contributed by atoms with Crippen molar-refractivity contribution in [3.05, 3.63) is 59.2 Å². The molecule has 156 valence electrons. The molecule has 1 saturated heterocycles. The number of nitrogens with zero attached hydrogens (tertiary/aromatic N) is 1. The van der Waals surface area contributed by atoms with Gasteiger partial charge in [-0.25, -0.2) is 0 Å². The number of carbonyl (C=O) groups is 4. The van der Waals surface area contributed by atoms with Gasteiger partial charge in [0.2, 0.25) is 5.91 Å². The van der Waals surface area contributed by atoms with Crippen LogP contribution < -0.4 is 10.2 Å². The number of rotatable bonds is 6. The molecular formula is C23H24N2O5. The molecule has 30 heavy (non-hydrogen) atoms. The summed E-state index contributed by atoms with van der Waals surface area (Å²) in [6.45, 7) is 5.11. The molecule has 0 bridgehead atoms. The highest BCUT2D eigenvalue weighted by Gasteiger charge is 2.36. The fraction of sp³-hybridized carbons (Fsp3) is 0.304. The van der Waals surface area contributed by atoms with Gasteiger partial charge < -0.3 is 15.0 Å². The van der Waals surface area contributed by atoms with E-state index in [2.05, 4.69) is 5.32 Å². The summed E-state index contributed by atoms with van der Waals surface area (Å²) < 4.78 is 5.12. The lowest BCUT2D eigenvalue weighted by atomic mass is 10.1. The maximum Gasteiger partial charge on any atom is 0.311 e. The van der Waals surface area contributed by atoms with Crippen LogP contribution in [-0.4, -0.2) is 36.7 Å². The van der Waals surface area contributed by atoms with Crippen molar-refractivity contribution in [2.24, 2.45) is 5.92 Å². The van der Waals surface area contributed by atoms with Gasteiger partial charge in [0.15, 0.2) is 12.4 Å². The number of ketones is 1. The SMILES string of the molecule is CC(=O)c1ccc(NC(=O)COC(=O)[C@@H]2CC(=O)N(c3cc(C)ccc3C)C2)cc1. The summed E-state index contributed by atoms with van der Waals surface area (Å²) in [5.74, 6) is -1.88. The molecule has 1 N–H and O–H groups in total. The largest absolute Gasteiger partial charge is 0.455 e. The number of aryl methyl sites for hydroxylation is 2. The highest BCUT2D eigenvalue weighted by molar-refractivity contribution is 6.00. The Morgan fingerprint density at radius 1 is 1.10 bits per heavy atom. The molecule has 0 radical (unpaired) electrons. The van der Waals surface area contributed by atoms with E-state index in [0.29, 0.717) is 11.3 Å². The van der Waals surface area contributed by atoms with Gasteiger partial charge >= 0.3 is 5.97 Å². The molecular weight excluding hydrogens is 384 g/mol. The van der Waals surface area contributed by atoms with Gasteiger partial charge in [0.05, 0.1) is 5.92 Å². The number of hydrogen-bond acceptors (Lipinski definition) is 5. The summed E-state index contributed by atoms with van der Waals surface area (Å²) in [5, 5.41) is 2.61. The first kappa shape index (κ1) is 21.2. The Balaban J connectivity index is 1.53. The zero-order valence-electron chi connectivity index (χ0n) is 17.2. The van der Waals surface area contributed by atoms with E-state index < -0.39 is 24.4 Å². The lowest BCUT2D eigenvalue weighted by Gasteiger charge is -2.19. The number of Topliss-reactive ketones (excluding diaryl/α,β-unsaturated/α-hetero) is 1. The standard InChI is InChI=1S/C23H24N2O5/c1-14-4-5-15(2)20(10-14)25-12-18(11-22(25)28)23(29)30-13-21(27)24-19-8-6-17(7-9-19)16(3)26/h4-10,18H,11-13H2,1-3H3,(H,24,27)/t18-/m1/s1. The van der Waals surface area contributed by atoms with Crippen LogP contribution in [0.25, 0.3) is 0 Å². The molecule has 0 aromatic heterocycles. The molecule has 0 unspecified atom stereocenters. The number of hydrogen-bond donors (Lipinski definition) is 1. The van der Waals surface area contributed by atoms with Gasteiger partial charge in [-0.05, 0) is 62.2 Å². The zero-order chi connectivity index (χ0) is 21.8. The van der Waals surface area contributed by atoms with E-state index in [1.54, 1.807) is 29.2 Å². The van der Waals surface area contributed by atoms with Gasteiger partial charge in [-0.15, -0.1) is 0 Å². The van der Waals surface area contributed by atoms with E-state index in [1.807, 2.05) is 32.0 Å². The van der Waals surface area contributed by atoms with Crippen molar-refractivity contribution >= 4 is 34.9 Å². The molecule has 2 aromatic carbocycles. The lowest BCUT2D eigenvalue weighted by Crippen LogP contribution is -2.28. The Kier molecular flexibility index (Phi) is 6.30. The van der Waals surface area contributed by atoms with Crippen LogP contribution >= 0.6 is 0 Å². The minimum Gasteiger partial charge on any atom is -0.455 e. The first-order valence-electron chi connectivity index (χ1n) is 9.69. The molecule has 1 atom stereocenters. The van der Waals surface area contributed by atoms with Crippen LogP contribution in [0, 0.1) is 19.8 Å². The summed E-state index contributed by atoms with van der Waals surface area (Å²) in [6, 6.07) is 12.3. The smallest absolute Gasteiger partial charge is 0.311 e. The topological polar surface area (TPSA) is 92.8 Å². The monoisotopic (exact) mass is 408 g/mol. The Hall–Kier alpha value is -3.48. The molecule has 0 spiro atoms. The predicted octanol–water partition coefficient (Wildman–Crippen LogP) is 3.04. The third-order valence-electron chi connectivity index (χ3n) is 5.03. The van der Waals surface area contributed by atoms with Crippen molar-refractivity contribution in [1.82, 2.24) is 0 Å². The average Bonchev–Trinajstić information content (AvgIpc) is 3.10. The summed E-state index contributed by atoms with van der Waals surface area (Å²) in [6.07, 6.45) is 0.0559. The highest BCUT2D eigenvalue weighted by atomic mass is 16.5. The molecule has 1 fully saturated rings. The van der Waals surface area contributed by atoms with Crippen LogP contribution in [0.5, 0.6) is 0 Å².